The van der Waals surface area contributed by atoms with Gasteiger partial charge < -0.3 is 10.6 Å². The maximum Gasteiger partial charge on any atom is 0.243 e. The van der Waals surface area contributed by atoms with E-state index in [1.54, 1.807) is 24.3 Å². The van der Waals surface area contributed by atoms with Crippen LogP contribution in [0.3, 0.4) is 0 Å². The Hall–Kier alpha value is -2.38. The summed E-state index contributed by atoms with van der Waals surface area (Å²) in [5.41, 5.74) is 3.42. The van der Waals surface area contributed by atoms with E-state index in [0.29, 0.717) is 18.8 Å². The molecule has 2 N–H and O–H groups in total. The van der Waals surface area contributed by atoms with Crippen molar-refractivity contribution in [2.45, 2.75) is 31.6 Å². The molecule has 0 radical (unpaired) electrons. The van der Waals surface area contributed by atoms with Crippen LogP contribution < -0.4 is 10.6 Å². The lowest BCUT2D eigenvalue weighted by Gasteiger charge is -2.16. The summed E-state index contributed by atoms with van der Waals surface area (Å²) >= 11 is 0. The summed E-state index contributed by atoms with van der Waals surface area (Å²) in [6.45, 7) is 5.09. The zero-order chi connectivity index (χ0) is 19.4. The number of nitrogens with one attached hydrogen (secondary N) is 2. The van der Waals surface area contributed by atoms with Gasteiger partial charge in [0.1, 0.15) is 0 Å². The minimum Gasteiger partial charge on any atom is -0.376 e. The Kier molecular flexibility index (Phi) is 5.82. The Balaban J connectivity index is 1.65. The van der Waals surface area contributed by atoms with Gasteiger partial charge in [-0.1, -0.05) is 24.3 Å². The van der Waals surface area contributed by atoms with Crippen LogP contribution in [0.5, 0.6) is 0 Å². The van der Waals surface area contributed by atoms with E-state index in [0.717, 1.165) is 29.7 Å². The fourth-order valence-electron chi connectivity index (χ4n) is 3.22. The molecule has 1 aliphatic heterocycles. The lowest BCUT2D eigenvalue weighted by molar-refractivity contribution is -0.114. The van der Waals surface area contributed by atoms with Gasteiger partial charge in [0.05, 0.1) is 11.4 Å². The zero-order valence-corrected chi connectivity index (χ0v) is 16.5. The number of hydrogen-bond acceptors (Lipinski definition) is 4. The monoisotopic (exact) mass is 387 g/mol. The van der Waals surface area contributed by atoms with Crippen molar-refractivity contribution in [3.05, 3.63) is 53.6 Å². The standard InChI is InChI=1S/C20H25N3O3S/c1-15-7-5-8-16(2)20(15)22-19(24)14-21-17-9-6-10-18(13-17)27(25,26)23-11-3-4-12-23/h5-10,13,21H,3-4,11-12,14H2,1-2H3,(H,22,24). The van der Waals surface area contributed by atoms with Crippen LogP contribution in [-0.4, -0.2) is 38.3 Å². The Morgan fingerprint density at radius 1 is 1.04 bits per heavy atom. The van der Waals surface area contributed by atoms with E-state index >= 15 is 0 Å². The second-order valence-corrected chi connectivity index (χ2v) is 8.75. The van der Waals surface area contributed by atoms with Gasteiger partial charge in [-0.15, -0.1) is 0 Å². The number of benzene rings is 2. The highest BCUT2D eigenvalue weighted by molar-refractivity contribution is 7.89. The first-order valence-corrected chi connectivity index (χ1v) is 10.5. The van der Waals surface area contributed by atoms with Crippen LogP contribution in [0, 0.1) is 13.8 Å². The van der Waals surface area contributed by atoms with E-state index in [1.165, 1.54) is 4.31 Å². The fourth-order valence-corrected chi connectivity index (χ4v) is 4.79. The van der Waals surface area contributed by atoms with Gasteiger partial charge in [0.15, 0.2) is 0 Å². The third-order valence-electron chi connectivity index (χ3n) is 4.74. The van der Waals surface area contributed by atoms with Crippen molar-refractivity contribution in [2.75, 3.05) is 30.3 Å². The van der Waals surface area contributed by atoms with Crippen molar-refractivity contribution in [1.82, 2.24) is 4.31 Å². The number of carbonyl (C=O) groups is 1. The second kappa shape index (κ2) is 8.10. The Bertz CT molecular complexity index is 915. The Labute approximate surface area is 160 Å². The lowest BCUT2D eigenvalue weighted by atomic mass is 10.1. The van der Waals surface area contributed by atoms with Gasteiger partial charge in [-0.2, -0.15) is 4.31 Å². The van der Waals surface area contributed by atoms with Gasteiger partial charge in [-0.3, -0.25) is 4.79 Å². The molecule has 0 aromatic heterocycles. The van der Waals surface area contributed by atoms with E-state index in [2.05, 4.69) is 10.6 Å². The first-order chi connectivity index (χ1) is 12.9. The molecule has 0 unspecified atom stereocenters. The molecule has 2 aromatic rings. The van der Waals surface area contributed by atoms with Crippen molar-refractivity contribution in [2.24, 2.45) is 0 Å². The van der Waals surface area contributed by atoms with Gasteiger partial charge in [0.2, 0.25) is 15.9 Å². The molecule has 1 aliphatic rings. The maximum absolute atomic E-state index is 12.7. The smallest absolute Gasteiger partial charge is 0.243 e. The van der Waals surface area contributed by atoms with Crippen LogP contribution in [0.1, 0.15) is 24.0 Å². The number of anilines is 2. The molecular weight excluding hydrogens is 362 g/mol. The van der Waals surface area contributed by atoms with Crippen LogP contribution in [0.4, 0.5) is 11.4 Å². The van der Waals surface area contributed by atoms with E-state index in [1.807, 2.05) is 32.0 Å². The number of hydrogen-bond donors (Lipinski definition) is 2. The Morgan fingerprint density at radius 3 is 2.33 bits per heavy atom. The average molecular weight is 388 g/mol. The van der Waals surface area contributed by atoms with E-state index < -0.39 is 10.0 Å². The van der Waals surface area contributed by atoms with Crippen molar-refractivity contribution < 1.29 is 13.2 Å². The average Bonchev–Trinajstić information content (AvgIpc) is 3.19. The molecule has 0 spiro atoms. The molecule has 0 atom stereocenters. The van der Waals surface area contributed by atoms with E-state index in [9.17, 15) is 13.2 Å². The van der Waals surface area contributed by atoms with Gasteiger partial charge >= 0.3 is 0 Å². The van der Waals surface area contributed by atoms with Crippen LogP contribution in [0.25, 0.3) is 0 Å². The molecule has 0 aliphatic carbocycles. The van der Waals surface area contributed by atoms with E-state index in [-0.39, 0.29) is 17.3 Å². The Morgan fingerprint density at radius 2 is 1.67 bits per heavy atom. The maximum atomic E-state index is 12.7. The van der Waals surface area contributed by atoms with Crippen LogP contribution in [0.15, 0.2) is 47.4 Å². The first kappa shape index (κ1) is 19.4. The molecule has 7 heteroatoms. The number of aryl methyl sites for hydroxylation is 2. The molecule has 1 heterocycles. The number of nitrogens with zero attached hydrogens (tertiary/aromatic N) is 1. The van der Waals surface area contributed by atoms with Gasteiger partial charge in [-0.25, -0.2) is 8.42 Å². The molecule has 1 saturated heterocycles. The largest absolute Gasteiger partial charge is 0.376 e. The predicted octanol–water partition coefficient (Wildman–Crippen LogP) is 3.14. The zero-order valence-electron chi connectivity index (χ0n) is 15.7. The quantitative estimate of drug-likeness (QED) is 0.798. The third-order valence-corrected chi connectivity index (χ3v) is 6.63. The topological polar surface area (TPSA) is 78.5 Å². The molecular formula is C20H25N3O3S. The first-order valence-electron chi connectivity index (χ1n) is 9.08. The van der Waals surface area contributed by atoms with E-state index in [4.69, 9.17) is 0 Å². The van der Waals surface area contributed by atoms with Crippen LogP contribution in [0.2, 0.25) is 0 Å². The SMILES string of the molecule is Cc1cccc(C)c1NC(=O)CNc1cccc(S(=O)(=O)N2CCCC2)c1. The summed E-state index contributed by atoms with van der Waals surface area (Å²) < 4.78 is 26.8. The number of rotatable bonds is 6. The number of amides is 1. The lowest BCUT2D eigenvalue weighted by Crippen LogP contribution is -2.28. The van der Waals surface area contributed by atoms with Gasteiger partial charge in [0.25, 0.3) is 0 Å². The number of para-hydroxylation sites is 1. The fraction of sp³-hybridized carbons (Fsp3) is 0.350. The normalized spacial score (nSPS) is 14.9. The number of carbonyl (C=O) groups excluding carboxylic acids is 1. The highest BCUT2D eigenvalue weighted by Gasteiger charge is 2.27. The molecule has 6 nitrogen and oxygen atoms in total. The van der Waals surface area contributed by atoms with Crippen LogP contribution >= 0.6 is 0 Å². The summed E-state index contributed by atoms with van der Waals surface area (Å²) in [5, 5.41) is 5.92. The summed E-state index contributed by atoms with van der Waals surface area (Å²) in [7, 11) is -3.47. The molecule has 0 bridgehead atoms. The highest BCUT2D eigenvalue weighted by atomic mass is 32.2. The minimum absolute atomic E-state index is 0.0565. The molecule has 144 valence electrons. The summed E-state index contributed by atoms with van der Waals surface area (Å²) in [5.74, 6) is -0.180. The summed E-state index contributed by atoms with van der Waals surface area (Å²) in [6.07, 6.45) is 1.80. The predicted molar refractivity (Wildman–Crippen MR) is 107 cm³/mol. The highest BCUT2D eigenvalue weighted by Crippen LogP contribution is 2.23. The van der Waals surface area contributed by atoms with Gasteiger partial charge in [-0.05, 0) is 56.0 Å². The molecule has 27 heavy (non-hydrogen) atoms. The third kappa shape index (κ3) is 4.48. The second-order valence-electron chi connectivity index (χ2n) is 6.81. The summed E-state index contributed by atoms with van der Waals surface area (Å²) in [4.78, 5) is 12.5. The molecule has 2 aromatic carbocycles. The van der Waals surface area contributed by atoms with Crippen molar-refractivity contribution in [1.29, 1.82) is 0 Å². The number of sulfonamides is 1. The van der Waals surface area contributed by atoms with Crippen molar-refractivity contribution >= 4 is 27.3 Å². The van der Waals surface area contributed by atoms with Crippen molar-refractivity contribution in [3.63, 3.8) is 0 Å². The summed E-state index contributed by atoms with van der Waals surface area (Å²) in [6, 6.07) is 12.5. The molecule has 1 fully saturated rings. The molecule has 1 amide bonds. The molecule has 0 saturated carbocycles. The molecule has 3 rings (SSSR count). The van der Waals surface area contributed by atoms with Crippen molar-refractivity contribution in [3.8, 4) is 0 Å². The minimum atomic E-state index is -3.47. The van der Waals surface area contributed by atoms with Gasteiger partial charge in [0, 0.05) is 24.5 Å². The van der Waals surface area contributed by atoms with Crippen LogP contribution in [-0.2, 0) is 14.8 Å².